The molecule has 10 heteroatoms. The van der Waals surface area contributed by atoms with E-state index in [0.717, 1.165) is 5.56 Å². The fourth-order valence-corrected chi connectivity index (χ4v) is 5.41. The first-order chi connectivity index (χ1) is 21.2. The SMILES string of the molecule is COc1cccc(C(=O)N2CCC(NC(=O)C(c3cccnc3)N(C(=O)c3ccn[nH]3)c3ccc(C(C)(C)C)cc3)CC2)c1. The van der Waals surface area contributed by atoms with Crippen LogP contribution in [0.5, 0.6) is 5.75 Å². The molecule has 0 aliphatic carbocycles. The highest BCUT2D eigenvalue weighted by molar-refractivity contribution is 6.09. The first kappa shape index (κ1) is 30.5. The summed E-state index contributed by atoms with van der Waals surface area (Å²) >= 11 is 0. The van der Waals surface area contributed by atoms with Crippen molar-refractivity contribution in [1.29, 1.82) is 0 Å². The number of pyridine rings is 1. The van der Waals surface area contributed by atoms with E-state index in [2.05, 4.69) is 41.3 Å². The minimum absolute atomic E-state index is 0.0723. The number of nitrogens with zero attached hydrogens (tertiary/aromatic N) is 4. The van der Waals surface area contributed by atoms with Crippen LogP contribution in [-0.4, -0.2) is 64.0 Å². The highest BCUT2D eigenvalue weighted by Gasteiger charge is 2.36. The molecular weight excluding hydrogens is 556 g/mol. The van der Waals surface area contributed by atoms with E-state index >= 15 is 0 Å². The summed E-state index contributed by atoms with van der Waals surface area (Å²) in [7, 11) is 1.57. The Labute approximate surface area is 257 Å². The van der Waals surface area contributed by atoms with E-state index in [0.29, 0.717) is 48.5 Å². The number of hydrogen-bond donors (Lipinski definition) is 2. The average Bonchev–Trinajstić information content (AvgIpc) is 3.59. The molecule has 4 aromatic rings. The second-order valence-corrected chi connectivity index (χ2v) is 11.9. The number of aromatic amines is 1. The molecule has 1 aliphatic heterocycles. The molecule has 10 nitrogen and oxygen atoms in total. The number of H-pyrrole nitrogens is 1. The van der Waals surface area contributed by atoms with E-state index in [1.807, 2.05) is 24.3 Å². The van der Waals surface area contributed by atoms with Gasteiger partial charge in [-0.05, 0) is 66.3 Å². The summed E-state index contributed by atoms with van der Waals surface area (Å²) < 4.78 is 5.27. The Balaban J connectivity index is 1.39. The molecule has 0 saturated carbocycles. The molecule has 2 N–H and O–H groups in total. The average molecular weight is 595 g/mol. The van der Waals surface area contributed by atoms with Gasteiger partial charge in [-0.1, -0.05) is 45.0 Å². The van der Waals surface area contributed by atoms with Gasteiger partial charge in [0.2, 0.25) is 5.91 Å². The molecule has 0 bridgehead atoms. The monoisotopic (exact) mass is 594 g/mol. The summed E-state index contributed by atoms with van der Waals surface area (Å²) in [6.07, 6.45) is 5.91. The Bertz CT molecular complexity index is 1570. The summed E-state index contributed by atoms with van der Waals surface area (Å²) in [6.45, 7) is 7.35. The molecule has 2 aromatic heterocycles. The maximum absolute atomic E-state index is 14.2. The van der Waals surface area contributed by atoms with Crippen LogP contribution in [0.3, 0.4) is 0 Å². The third-order valence-corrected chi connectivity index (χ3v) is 7.91. The van der Waals surface area contributed by atoms with Crippen molar-refractivity contribution in [2.45, 2.75) is 51.1 Å². The van der Waals surface area contributed by atoms with Crippen molar-refractivity contribution >= 4 is 23.4 Å². The number of likely N-dealkylation sites (tertiary alicyclic amines) is 1. The number of rotatable bonds is 8. The number of benzene rings is 2. The molecule has 1 fully saturated rings. The van der Waals surface area contributed by atoms with Gasteiger partial charge in [-0.3, -0.25) is 29.4 Å². The zero-order valence-corrected chi connectivity index (χ0v) is 25.5. The maximum Gasteiger partial charge on any atom is 0.277 e. The molecule has 1 saturated heterocycles. The second-order valence-electron chi connectivity index (χ2n) is 11.9. The number of anilines is 1. The Morgan fingerprint density at radius 2 is 1.75 bits per heavy atom. The van der Waals surface area contributed by atoms with E-state index in [4.69, 9.17) is 4.74 Å². The molecule has 44 heavy (non-hydrogen) atoms. The Morgan fingerprint density at radius 1 is 1.00 bits per heavy atom. The van der Waals surface area contributed by atoms with Crippen LogP contribution < -0.4 is 15.0 Å². The number of nitrogens with one attached hydrogen (secondary N) is 2. The molecule has 3 heterocycles. The molecule has 1 unspecified atom stereocenters. The Morgan fingerprint density at radius 3 is 2.36 bits per heavy atom. The van der Waals surface area contributed by atoms with Gasteiger partial charge in [0.25, 0.3) is 11.8 Å². The predicted octanol–water partition coefficient (Wildman–Crippen LogP) is 4.92. The van der Waals surface area contributed by atoms with Crippen LogP contribution in [0.15, 0.2) is 85.3 Å². The summed E-state index contributed by atoms with van der Waals surface area (Å²) in [5.41, 5.74) is 2.99. The molecule has 5 rings (SSSR count). The van der Waals surface area contributed by atoms with Gasteiger partial charge in [-0.25, -0.2) is 0 Å². The summed E-state index contributed by atoms with van der Waals surface area (Å²) in [4.78, 5) is 48.9. The van der Waals surface area contributed by atoms with Crippen molar-refractivity contribution in [2.75, 3.05) is 25.1 Å². The molecule has 0 spiro atoms. The highest BCUT2D eigenvalue weighted by atomic mass is 16.5. The third kappa shape index (κ3) is 6.80. The van der Waals surface area contributed by atoms with E-state index in [1.54, 1.807) is 66.9 Å². The van der Waals surface area contributed by atoms with Gasteiger partial charge in [0.15, 0.2) is 0 Å². The Kier molecular flexibility index (Phi) is 9.08. The standard InChI is InChI=1S/C34H38N6O4/c1-34(2,3)25-10-12-27(13-11-25)40(33(43)29-14-18-36-38-29)30(24-8-6-17-35-22-24)31(41)37-26-15-19-39(20-16-26)32(42)23-7-5-9-28(21-23)44-4/h5-14,17-18,21-22,26,30H,15-16,19-20H2,1-4H3,(H,36,38)(H,37,41). The van der Waals surface area contributed by atoms with Crippen LogP contribution in [0, 0.1) is 0 Å². The molecule has 2 aromatic carbocycles. The van der Waals surface area contributed by atoms with Crippen molar-refractivity contribution in [2.24, 2.45) is 0 Å². The van der Waals surface area contributed by atoms with Crippen LogP contribution >= 0.6 is 0 Å². The lowest BCUT2D eigenvalue weighted by Gasteiger charge is -2.35. The third-order valence-electron chi connectivity index (χ3n) is 7.91. The van der Waals surface area contributed by atoms with Crippen LogP contribution in [0.2, 0.25) is 0 Å². The lowest BCUT2D eigenvalue weighted by atomic mass is 9.87. The normalized spacial score (nSPS) is 14.5. The topological polar surface area (TPSA) is 121 Å². The van der Waals surface area contributed by atoms with Gasteiger partial charge in [-0.2, -0.15) is 5.10 Å². The summed E-state index contributed by atoms with van der Waals surface area (Å²) in [5, 5.41) is 9.89. The summed E-state index contributed by atoms with van der Waals surface area (Å²) in [6, 6.07) is 18.8. The lowest BCUT2D eigenvalue weighted by Crippen LogP contribution is -2.50. The quantitative estimate of drug-likeness (QED) is 0.299. The van der Waals surface area contributed by atoms with Gasteiger partial charge in [0.1, 0.15) is 17.5 Å². The first-order valence-electron chi connectivity index (χ1n) is 14.7. The lowest BCUT2D eigenvalue weighted by molar-refractivity contribution is -0.123. The zero-order chi connectivity index (χ0) is 31.3. The minimum atomic E-state index is -1.00. The van der Waals surface area contributed by atoms with Gasteiger partial charge < -0.3 is 15.0 Å². The molecule has 1 aliphatic rings. The fourth-order valence-electron chi connectivity index (χ4n) is 5.41. The molecule has 0 radical (unpaired) electrons. The van der Waals surface area contributed by atoms with Crippen molar-refractivity contribution in [1.82, 2.24) is 25.4 Å². The van der Waals surface area contributed by atoms with Crippen molar-refractivity contribution in [3.63, 3.8) is 0 Å². The highest BCUT2D eigenvalue weighted by Crippen LogP contribution is 2.32. The van der Waals surface area contributed by atoms with Crippen LogP contribution in [0.25, 0.3) is 0 Å². The second kappa shape index (κ2) is 13.1. The number of aromatic nitrogens is 3. The van der Waals surface area contributed by atoms with Crippen LogP contribution in [0.1, 0.15) is 71.6 Å². The van der Waals surface area contributed by atoms with Gasteiger partial charge in [0.05, 0.1) is 7.11 Å². The molecule has 3 amide bonds. The first-order valence-corrected chi connectivity index (χ1v) is 14.7. The molecular formula is C34H38N6O4. The minimum Gasteiger partial charge on any atom is -0.497 e. The fraction of sp³-hybridized carbons (Fsp3) is 0.324. The summed E-state index contributed by atoms with van der Waals surface area (Å²) in [5.74, 6) is -0.171. The number of ether oxygens (including phenoxy) is 1. The molecule has 228 valence electrons. The van der Waals surface area contributed by atoms with E-state index in [9.17, 15) is 14.4 Å². The number of piperidine rings is 1. The predicted molar refractivity (Wildman–Crippen MR) is 168 cm³/mol. The van der Waals surface area contributed by atoms with Crippen LogP contribution in [0.4, 0.5) is 5.69 Å². The van der Waals surface area contributed by atoms with Crippen molar-refractivity contribution in [3.05, 3.63) is 108 Å². The van der Waals surface area contributed by atoms with Gasteiger partial charge >= 0.3 is 0 Å². The van der Waals surface area contributed by atoms with Gasteiger partial charge in [0, 0.05) is 54.5 Å². The molecule has 1 atom stereocenters. The number of carbonyl (C=O) groups is 3. The number of methoxy groups -OCH3 is 1. The van der Waals surface area contributed by atoms with E-state index in [-0.39, 0.29) is 29.0 Å². The number of hydrogen-bond acceptors (Lipinski definition) is 6. The Hall–Kier alpha value is -4.99. The smallest absolute Gasteiger partial charge is 0.277 e. The zero-order valence-electron chi connectivity index (χ0n) is 25.5. The van der Waals surface area contributed by atoms with Gasteiger partial charge in [-0.15, -0.1) is 0 Å². The maximum atomic E-state index is 14.2. The largest absolute Gasteiger partial charge is 0.497 e. The van der Waals surface area contributed by atoms with Crippen molar-refractivity contribution in [3.8, 4) is 5.75 Å². The van der Waals surface area contributed by atoms with Crippen molar-refractivity contribution < 1.29 is 19.1 Å². The number of carbonyl (C=O) groups excluding carboxylic acids is 3. The number of amides is 3. The van der Waals surface area contributed by atoms with E-state index in [1.165, 1.54) is 11.1 Å². The van der Waals surface area contributed by atoms with E-state index < -0.39 is 11.9 Å². The van der Waals surface area contributed by atoms with Crippen LogP contribution in [-0.2, 0) is 10.2 Å².